The summed E-state index contributed by atoms with van der Waals surface area (Å²) in [5.74, 6) is 1.67. The number of nitrogens with zero attached hydrogens (tertiary/aromatic N) is 1. The summed E-state index contributed by atoms with van der Waals surface area (Å²) in [6, 6.07) is 0.592. The summed E-state index contributed by atoms with van der Waals surface area (Å²) in [4.78, 5) is 6.42. The zero-order valence-corrected chi connectivity index (χ0v) is 10.9. The highest BCUT2D eigenvalue weighted by atomic mass is 32.1. The van der Waals surface area contributed by atoms with Crippen molar-refractivity contribution in [3.8, 4) is 0 Å². The van der Waals surface area contributed by atoms with Gasteiger partial charge >= 0.3 is 0 Å². The first-order valence-corrected chi connectivity index (χ1v) is 7.34. The van der Waals surface area contributed by atoms with Crippen LogP contribution in [-0.2, 0) is 6.42 Å². The van der Waals surface area contributed by atoms with Gasteiger partial charge in [0.25, 0.3) is 0 Å². The van der Waals surface area contributed by atoms with Gasteiger partial charge in [0.2, 0.25) is 0 Å². The molecule has 0 bridgehead atoms. The summed E-state index contributed by atoms with van der Waals surface area (Å²) in [5, 5.41) is 5.01. The summed E-state index contributed by atoms with van der Waals surface area (Å²) in [6.45, 7) is 5.60. The normalized spacial score (nSPS) is 32.5. The standard InChI is InChI=1S/C13H20N2S/c1-3-14-10-5-4-6-11-12(10)16-13(15-11)9-7-8(9)2/h8-10,14H,3-7H2,1-2H3. The van der Waals surface area contributed by atoms with E-state index >= 15 is 0 Å². The minimum atomic E-state index is 0.592. The van der Waals surface area contributed by atoms with E-state index in [1.165, 1.54) is 36.4 Å². The summed E-state index contributed by atoms with van der Waals surface area (Å²) >= 11 is 1.98. The van der Waals surface area contributed by atoms with E-state index in [0.29, 0.717) is 6.04 Å². The predicted octanol–water partition coefficient (Wildman–Crippen LogP) is 3.25. The van der Waals surface area contributed by atoms with E-state index in [0.717, 1.165) is 18.4 Å². The zero-order valence-electron chi connectivity index (χ0n) is 10.1. The highest BCUT2D eigenvalue weighted by Crippen LogP contribution is 2.50. The predicted molar refractivity (Wildman–Crippen MR) is 68.0 cm³/mol. The van der Waals surface area contributed by atoms with Gasteiger partial charge in [0.15, 0.2) is 0 Å². The van der Waals surface area contributed by atoms with Crippen LogP contribution in [-0.4, -0.2) is 11.5 Å². The van der Waals surface area contributed by atoms with Crippen molar-refractivity contribution in [2.75, 3.05) is 6.54 Å². The van der Waals surface area contributed by atoms with Gasteiger partial charge in [0.05, 0.1) is 10.7 Å². The van der Waals surface area contributed by atoms with E-state index in [1.54, 1.807) is 4.88 Å². The summed E-state index contributed by atoms with van der Waals surface area (Å²) < 4.78 is 0. The van der Waals surface area contributed by atoms with Crippen LogP contribution < -0.4 is 5.32 Å². The van der Waals surface area contributed by atoms with Gasteiger partial charge in [-0.3, -0.25) is 0 Å². The smallest absolute Gasteiger partial charge is 0.0965 e. The fraction of sp³-hybridized carbons (Fsp3) is 0.769. The molecule has 0 saturated heterocycles. The lowest BCUT2D eigenvalue weighted by Gasteiger charge is -2.21. The molecule has 0 aromatic carbocycles. The van der Waals surface area contributed by atoms with Gasteiger partial charge in [0.1, 0.15) is 0 Å². The van der Waals surface area contributed by atoms with Crippen molar-refractivity contribution in [3.63, 3.8) is 0 Å². The van der Waals surface area contributed by atoms with Crippen molar-refractivity contribution < 1.29 is 0 Å². The van der Waals surface area contributed by atoms with Crippen molar-refractivity contribution in [2.45, 2.75) is 51.5 Å². The van der Waals surface area contributed by atoms with Crippen LogP contribution in [0.5, 0.6) is 0 Å². The molecule has 1 heterocycles. The van der Waals surface area contributed by atoms with Crippen molar-refractivity contribution in [1.29, 1.82) is 0 Å². The van der Waals surface area contributed by atoms with Crippen LogP contribution in [0.25, 0.3) is 0 Å². The van der Waals surface area contributed by atoms with Gasteiger partial charge in [0, 0.05) is 16.8 Å². The Morgan fingerprint density at radius 3 is 3.00 bits per heavy atom. The molecule has 2 aliphatic carbocycles. The van der Waals surface area contributed by atoms with Gasteiger partial charge in [-0.05, 0) is 38.1 Å². The lowest BCUT2D eigenvalue weighted by atomic mass is 9.98. The van der Waals surface area contributed by atoms with Crippen LogP contribution >= 0.6 is 11.3 Å². The largest absolute Gasteiger partial charge is 0.309 e. The molecule has 0 spiro atoms. The monoisotopic (exact) mass is 236 g/mol. The van der Waals surface area contributed by atoms with Crippen molar-refractivity contribution in [1.82, 2.24) is 10.3 Å². The first kappa shape index (κ1) is 10.7. The Morgan fingerprint density at radius 1 is 1.50 bits per heavy atom. The maximum absolute atomic E-state index is 4.87. The topological polar surface area (TPSA) is 24.9 Å². The molecule has 0 radical (unpaired) electrons. The number of fused-ring (bicyclic) bond motifs is 1. The van der Waals surface area contributed by atoms with E-state index in [9.17, 15) is 0 Å². The lowest BCUT2D eigenvalue weighted by Crippen LogP contribution is -2.23. The molecule has 1 aromatic rings. The second kappa shape index (κ2) is 4.11. The highest BCUT2D eigenvalue weighted by molar-refractivity contribution is 7.12. The van der Waals surface area contributed by atoms with Crippen molar-refractivity contribution >= 4 is 11.3 Å². The Morgan fingerprint density at radius 2 is 2.31 bits per heavy atom. The Balaban J connectivity index is 1.86. The molecule has 2 aliphatic rings. The SMILES string of the molecule is CCNC1CCCc2nc(C3CC3C)sc21. The quantitative estimate of drug-likeness (QED) is 0.871. The first-order valence-electron chi connectivity index (χ1n) is 6.52. The van der Waals surface area contributed by atoms with Gasteiger partial charge < -0.3 is 5.32 Å². The van der Waals surface area contributed by atoms with Crippen LogP contribution in [0.3, 0.4) is 0 Å². The van der Waals surface area contributed by atoms with E-state index in [4.69, 9.17) is 4.98 Å². The number of nitrogens with one attached hydrogen (secondary N) is 1. The van der Waals surface area contributed by atoms with E-state index < -0.39 is 0 Å². The zero-order chi connectivity index (χ0) is 11.1. The number of aryl methyl sites for hydroxylation is 1. The summed E-state index contributed by atoms with van der Waals surface area (Å²) in [6.07, 6.45) is 5.16. The number of thiazole rings is 1. The molecule has 1 saturated carbocycles. The molecule has 88 valence electrons. The molecule has 2 nitrogen and oxygen atoms in total. The molecule has 1 fully saturated rings. The van der Waals surface area contributed by atoms with E-state index in [2.05, 4.69) is 19.2 Å². The molecule has 1 N–H and O–H groups in total. The third-order valence-corrected chi connectivity index (χ3v) is 5.19. The van der Waals surface area contributed by atoms with E-state index in [-0.39, 0.29) is 0 Å². The van der Waals surface area contributed by atoms with Gasteiger partial charge in [-0.1, -0.05) is 13.8 Å². The highest BCUT2D eigenvalue weighted by Gasteiger charge is 2.38. The molecular weight excluding hydrogens is 216 g/mol. The van der Waals surface area contributed by atoms with Crippen molar-refractivity contribution in [2.24, 2.45) is 5.92 Å². The minimum Gasteiger partial charge on any atom is -0.309 e. The Bertz CT molecular complexity index is 385. The molecule has 3 rings (SSSR count). The fourth-order valence-corrected chi connectivity index (χ4v) is 4.17. The van der Waals surface area contributed by atoms with E-state index in [1.807, 2.05) is 11.3 Å². The second-order valence-electron chi connectivity index (χ2n) is 5.19. The maximum atomic E-state index is 4.87. The van der Waals surface area contributed by atoms with Crippen LogP contribution in [0.1, 0.15) is 60.6 Å². The second-order valence-corrected chi connectivity index (χ2v) is 6.25. The van der Waals surface area contributed by atoms with Crippen LogP contribution in [0.15, 0.2) is 0 Å². The van der Waals surface area contributed by atoms with Crippen molar-refractivity contribution in [3.05, 3.63) is 15.6 Å². The average Bonchev–Trinajstić information content (AvgIpc) is 2.85. The number of hydrogen-bond donors (Lipinski definition) is 1. The molecule has 1 aromatic heterocycles. The Labute approximate surface area is 101 Å². The van der Waals surface area contributed by atoms with Crippen LogP contribution in [0, 0.1) is 5.92 Å². The van der Waals surface area contributed by atoms with Gasteiger partial charge in [-0.25, -0.2) is 4.98 Å². The molecular formula is C13H20N2S. The minimum absolute atomic E-state index is 0.592. The Kier molecular flexibility index (Phi) is 2.76. The van der Waals surface area contributed by atoms with Crippen LogP contribution in [0.2, 0.25) is 0 Å². The van der Waals surface area contributed by atoms with Gasteiger partial charge in [-0.2, -0.15) is 0 Å². The number of aromatic nitrogens is 1. The summed E-state index contributed by atoms with van der Waals surface area (Å²) in [7, 11) is 0. The number of rotatable bonds is 3. The molecule has 3 heteroatoms. The molecule has 0 aliphatic heterocycles. The third kappa shape index (κ3) is 1.80. The average molecular weight is 236 g/mol. The Hall–Kier alpha value is -0.410. The molecule has 16 heavy (non-hydrogen) atoms. The van der Waals surface area contributed by atoms with Crippen LogP contribution in [0.4, 0.5) is 0 Å². The number of hydrogen-bond acceptors (Lipinski definition) is 3. The van der Waals surface area contributed by atoms with Gasteiger partial charge in [-0.15, -0.1) is 11.3 Å². The lowest BCUT2D eigenvalue weighted by molar-refractivity contribution is 0.476. The first-order chi connectivity index (χ1) is 7.79. The summed E-state index contributed by atoms with van der Waals surface area (Å²) in [5.41, 5.74) is 1.40. The molecule has 0 amide bonds. The molecule has 3 atom stereocenters. The fourth-order valence-electron chi connectivity index (χ4n) is 2.70. The maximum Gasteiger partial charge on any atom is 0.0965 e. The third-order valence-electron chi connectivity index (χ3n) is 3.84. The molecule has 3 unspecified atom stereocenters.